The smallest absolute Gasteiger partial charge is 0.410 e. The lowest BCUT2D eigenvalue weighted by Gasteiger charge is -2.33. The van der Waals surface area contributed by atoms with Crippen LogP contribution in [0.4, 0.5) is 9.18 Å². The first kappa shape index (κ1) is 12.2. The van der Waals surface area contributed by atoms with E-state index in [4.69, 9.17) is 4.74 Å². The standard InChI is InChI=1S/C10H18FNO3/c1-10(2,3)15-9(14)12-5-4-7(11)8(13)6-12/h7-8,13H,4-6H2,1-3H3. The van der Waals surface area contributed by atoms with E-state index < -0.39 is 24.0 Å². The lowest BCUT2D eigenvalue weighted by Crippen LogP contribution is -2.49. The van der Waals surface area contributed by atoms with E-state index >= 15 is 0 Å². The van der Waals surface area contributed by atoms with Crippen LogP contribution in [0.2, 0.25) is 0 Å². The predicted octanol–water partition coefficient (Wildman–Crippen LogP) is 1.33. The fraction of sp³-hybridized carbons (Fsp3) is 0.900. The van der Waals surface area contributed by atoms with Crippen LogP contribution in [-0.2, 0) is 4.74 Å². The molecule has 0 aromatic carbocycles. The van der Waals surface area contributed by atoms with E-state index in [1.54, 1.807) is 20.8 Å². The van der Waals surface area contributed by atoms with Crippen molar-refractivity contribution in [3.05, 3.63) is 0 Å². The Bertz CT molecular complexity index is 239. The molecule has 0 aromatic heterocycles. The monoisotopic (exact) mass is 219 g/mol. The number of aliphatic hydroxyl groups excluding tert-OH is 1. The molecule has 2 unspecified atom stereocenters. The fourth-order valence-corrected chi connectivity index (χ4v) is 1.40. The van der Waals surface area contributed by atoms with Gasteiger partial charge in [-0.15, -0.1) is 0 Å². The topological polar surface area (TPSA) is 49.8 Å². The molecule has 0 aromatic rings. The molecule has 1 fully saturated rings. The number of piperidine rings is 1. The van der Waals surface area contributed by atoms with E-state index in [9.17, 15) is 14.3 Å². The molecule has 0 aliphatic carbocycles. The van der Waals surface area contributed by atoms with E-state index in [0.29, 0.717) is 6.54 Å². The number of ether oxygens (including phenoxy) is 1. The third kappa shape index (κ3) is 3.66. The van der Waals surface area contributed by atoms with Gasteiger partial charge in [0.15, 0.2) is 0 Å². The largest absolute Gasteiger partial charge is 0.444 e. The molecule has 1 aliphatic heterocycles. The molecule has 1 aliphatic rings. The summed E-state index contributed by atoms with van der Waals surface area (Å²) < 4.78 is 18.0. The summed E-state index contributed by atoms with van der Waals surface area (Å²) >= 11 is 0. The van der Waals surface area contributed by atoms with Crippen molar-refractivity contribution in [1.29, 1.82) is 0 Å². The molecule has 1 amide bonds. The van der Waals surface area contributed by atoms with Crippen LogP contribution in [0, 0.1) is 0 Å². The number of hydrogen-bond acceptors (Lipinski definition) is 3. The molecule has 4 nitrogen and oxygen atoms in total. The molecule has 2 atom stereocenters. The number of rotatable bonds is 0. The molecule has 5 heteroatoms. The number of halogens is 1. The summed E-state index contributed by atoms with van der Waals surface area (Å²) in [6.07, 6.45) is -2.65. The van der Waals surface area contributed by atoms with Crippen LogP contribution in [-0.4, -0.2) is 47.1 Å². The molecule has 1 saturated heterocycles. The molecule has 0 radical (unpaired) electrons. The van der Waals surface area contributed by atoms with Crippen LogP contribution >= 0.6 is 0 Å². The Morgan fingerprint density at radius 2 is 2.13 bits per heavy atom. The van der Waals surface area contributed by atoms with Crippen LogP contribution in [0.25, 0.3) is 0 Å². The summed E-state index contributed by atoms with van der Waals surface area (Å²) in [6, 6.07) is 0. The van der Waals surface area contributed by atoms with Gasteiger partial charge in [-0.05, 0) is 27.2 Å². The van der Waals surface area contributed by atoms with Gasteiger partial charge in [0.25, 0.3) is 0 Å². The highest BCUT2D eigenvalue weighted by Gasteiger charge is 2.32. The highest BCUT2D eigenvalue weighted by Crippen LogP contribution is 2.17. The summed E-state index contributed by atoms with van der Waals surface area (Å²) in [7, 11) is 0. The zero-order valence-corrected chi connectivity index (χ0v) is 9.36. The van der Waals surface area contributed by atoms with Crippen molar-refractivity contribution in [3.8, 4) is 0 Å². The molecule has 1 rings (SSSR count). The second kappa shape index (κ2) is 4.35. The quantitative estimate of drug-likeness (QED) is 0.668. The summed E-state index contributed by atoms with van der Waals surface area (Å²) in [6.45, 7) is 5.61. The molecule has 1 heterocycles. The van der Waals surface area contributed by atoms with Gasteiger partial charge in [0.05, 0.1) is 6.54 Å². The number of aliphatic hydroxyl groups is 1. The van der Waals surface area contributed by atoms with Crippen molar-refractivity contribution < 1.29 is 19.0 Å². The molecule has 0 bridgehead atoms. The molecule has 0 spiro atoms. The van der Waals surface area contributed by atoms with Crippen LogP contribution < -0.4 is 0 Å². The number of nitrogens with zero attached hydrogens (tertiary/aromatic N) is 1. The highest BCUT2D eigenvalue weighted by atomic mass is 19.1. The Labute approximate surface area is 89.0 Å². The van der Waals surface area contributed by atoms with Gasteiger partial charge in [0.1, 0.15) is 17.9 Å². The minimum absolute atomic E-state index is 0.0100. The zero-order chi connectivity index (χ0) is 11.6. The molecule has 15 heavy (non-hydrogen) atoms. The van der Waals surface area contributed by atoms with Gasteiger partial charge in [-0.2, -0.15) is 0 Å². The molecular weight excluding hydrogens is 201 g/mol. The van der Waals surface area contributed by atoms with E-state index in [1.165, 1.54) is 4.90 Å². The van der Waals surface area contributed by atoms with Gasteiger partial charge in [-0.1, -0.05) is 0 Å². The molecule has 0 saturated carbocycles. The summed E-state index contributed by atoms with van der Waals surface area (Å²) in [5.41, 5.74) is -0.561. The van der Waals surface area contributed by atoms with Gasteiger partial charge in [-0.3, -0.25) is 0 Å². The van der Waals surface area contributed by atoms with Crippen LogP contribution in [0.1, 0.15) is 27.2 Å². The number of likely N-dealkylation sites (tertiary alicyclic amines) is 1. The minimum atomic E-state index is -1.23. The molecule has 88 valence electrons. The maximum Gasteiger partial charge on any atom is 0.410 e. The van der Waals surface area contributed by atoms with E-state index in [1.807, 2.05) is 0 Å². The molecule has 1 N–H and O–H groups in total. The van der Waals surface area contributed by atoms with Crippen molar-refractivity contribution in [2.45, 2.75) is 45.1 Å². The lowest BCUT2D eigenvalue weighted by atomic mass is 10.1. The Morgan fingerprint density at radius 3 is 2.60 bits per heavy atom. The van der Waals surface area contributed by atoms with Crippen molar-refractivity contribution in [3.63, 3.8) is 0 Å². The zero-order valence-electron chi connectivity index (χ0n) is 9.36. The van der Waals surface area contributed by atoms with E-state index in [2.05, 4.69) is 0 Å². The maximum absolute atomic E-state index is 12.9. The number of amides is 1. The first-order chi connectivity index (χ1) is 6.79. The van der Waals surface area contributed by atoms with Crippen LogP contribution in [0.3, 0.4) is 0 Å². The van der Waals surface area contributed by atoms with Gasteiger partial charge < -0.3 is 14.7 Å². The first-order valence-corrected chi connectivity index (χ1v) is 5.09. The normalized spacial score (nSPS) is 27.7. The van der Waals surface area contributed by atoms with Crippen LogP contribution in [0.15, 0.2) is 0 Å². The second-order valence-corrected chi connectivity index (χ2v) is 4.80. The minimum Gasteiger partial charge on any atom is -0.444 e. The van der Waals surface area contributed by atoms with Crippen molar-refractivity contribution >= 4 is 6.09 Å². The maximum atomic E-state index is 12.9. The average molecular weight is 219 g/mol. The number of hydrogen-bond donors (Lipinski definition) is 1. The second-order valence-electron chi connectivity index (χ2n) is 4.80. The predicted molar refractivity (Wildman–Crippen MR) is 53.3 cm³/mol. The Hall–Kier alpha value is -0.840. The first-order valence-electron chi connectivity index (χ1n) is 5.09. The van der Waals surface area contributed by atoms with E-state index in [0.717, 1.165) is 0 Å². The van der Waals surface area contributed by atoms with E-state index in [-0.39, 0.29) is 13.0 Å². The third-order valence-electron chi connectivity index (χ3n) is 2.15. The fourth-order valence-electron chi connectivity index (χ4n) is 1.40. The van der Waals surface area contributed by atoms with Crippen molar-refractivity contribution in [2.75, 3.05) is 13.1 Å². The van der Waals surface area contributed by atoms with Gasteiger partial charge >= 0.3 is 6.09 Å². The summed E-state index contributed by atoms with van der Waals surface area (Å²) in [5, 5.41) is 9.27. The van der Waals surface area contributed by atoms with Crippen molar-refractivity contribution in [2.24, 2.45) is 0 Å². The van der Waals surface area contributed by atoms with Crippen molar-refractivity contribution in [1.82, 2.24) is 4.90 Å². The van der Waals surface area contributed by atoms with Gasteiger partial charge in [-0.25, -0.2) is 9.18 Å². The van der Waals surface area contributed by atoms with Crippen LogP contribution in [0.5, 0.6) is 0 Å². The van der Waals surface area contributed by atoms with Gasteiger partial charge in [0.2, 0.25) is 0 Å². The molecular formula is C10H18FNO3. The summed E-state index contributed by atoms with van der Waals surface area (Å²) in [4.78, 5) is 12.9. The third-order valence-corrected chi connectivity index (χ3v) is 2.15. The number of alkyl halides is 1. The van der Waals surface area contributed by atoms with Gasteiger partial charge in [0, 0.05) is 6.54 Å². The Balaban J connectivity index is 2.48. The SMILES string of the molecule is CC(C)(C)OC(=O)N1CCC(F)C(O)C1. The number of carbonyl (C=O) groups excluding carboxylic acids is 1. The number of β-amino-alcohol motifs (C(OH)–C–C–N with tert-alkyl or cyclic N) is 1. The average Bonchev–Trinajstić information content (AvgIpc) is 2.06. The number of carbonyl (C=O) groups is 1. The lowest BCUT2D eigenvalue weighted by molar-refractivity contribution is -0.0203. The Kier molecular flexibility index (Phi) is 3.54. The highest BCUT2D eigenvalue weighted by molar-refractivity contribution is 5.68. The summed E-state index contributed by atoms with van der Waals surface area (Å²) in [5.74, 6) is 0. The Morgan fingerprint density at radius 1 is 1.53 bits per heavy atom.